The van der Waals surface area contributed by atoms with E-state index in [2.05, 4.69) is 41.9 Å². The van der Waals surface area contributed by atoms with Gasteiger partial charge in [0.05, 0.1) is 13.1 Å². The quantitative estimate of drug-likeness (QED) is 0.150. The number of carbonyl (C=O) groups excluding carboxylic acids is 3. The number of amides is 4. The van der Waals surface area contributed by atoms with E-state index in [4.69, 9.17) is 0 Å². The molecule has 4 aromatic rings. The van der Waals surface area contributed by atoms with Crippen molar-refractivity contribution in [1.29, 1.82) is 0 Å². The molecule has 236 valence electrons. The second-order valence-electron chi connectivity index (χ2n) is 10.1. The number of anilines is 4. The van der Waals surface area contributed by atoms with Gasteiger partial charge in [-0.3, -0.25) is 19.6 Å². The minimum atomic E-state index is -0.516. The first-order valence-corrected chi connectivity index (χ1v) is 14.2. The topological polar surface area (TPSA) is 148 Å². The van der Waals surface area contributed by atoms with Crippen molar-refractivity contribution >= 4 is 77.1 Å². The summed E-state index contributed by atoms with van der Waals surface area (Å²) in [7, 11) is 0. The summed E-state index contributed by atoms with van der Waals surface area (Å²) in [6.45, 7) is 3.16. The van der Waals surface area contributed by atoms with E-state index in [-0.39, 0.29) is 36.6 Å². The minimum Gasteiger partial charge on any atom is -0.368 e. The zero-order chi connectivity index (χ0) is 30.3. The number of halogens is 2. The minimum absolute atomic E-state index is 0. The Morgan fingerprint density at radius 2 is 0.935 bits per heavy atom. The van der Waals surface area contributed by atoms with E-state index in [1.165, 1.54) is 0 Å². The van der Waals surface area contributed by atoms with Crippen LogP contribution in [0.1, 0.15) is 31.8 Å². The van der Waals surface area contributed by atoms with Crippen LogP contribution in [0.15, 0.2) is 107 Å². The summed E-state index contributed by atoms with van der Waals surface area (Å²) < 4.78 is 0. The van der Waals surface area contributed by atoms with E-state index in [1.807, 2.05) is 48.5 Å². The number of amidine groups is 2. The zero-order valence-corrected chi connectivity index (χ0v) is 26.1. The highest BCUT2D eigenvalue weighted by Crippen LogP contribution is 2.18. The number of urea groups is 1. The molecule has 0 bridgehead atoms. The number of hydrogen-bond acceptors (Lipinski definition) is 7. The summed E-state index contributed by atoms with van der Waals surface area (Å²) in [5.41, 5.74) is 4.85. The number of aliphatic imine (C=N–C) groups is 2. The molecule has 0 fully saturated rings. The zero-order valence-electron chi connectivity index (χ0n) is 24.5. The number of rotatable bonds is 8. The van der Waals surface area contributed by atoms with E-state index in [9.17, 15) is 14.4 Å². The smallest absolute Gasteiger partial charge is 0.323 e. The fraction of sp³-hybridized carbons (Fsp3) is 0.121. The largest absolute Gasteiger partial charge is 0.368 e. The Kier molecular flexibility index (Phi) is 11.3. The van der Waals surface area contributed by atoms with E-state index in [0.717, 1.165) is 49.0 Å². The molecular weight excluding hydrogens is 627 g/mol. The van der Waals surface area contributed by atoms with Gasteiger partial charge in [-0.1, -0.05) is 12.1 Å². The van der Waals surface area contributed by atoms with Gasteiger partial charge in [0.2, 0.25) is 0 Å². The van der Waals surface area contributed by atoms with Gasteiger partial charge in [0.15, 0.2) is 0 Å². The lowest BCUT2D eigenvalue weighted by molar-refractivity contribution is 0.101. The van der Waals surface area contributed by atoms with Crippen LogP contribution in [-0.2, 0) is 0 Å². The third kappa shape index (κ3) is 8.40. The maximum Gasteiger partial charge on any atom is 0.323 e. The van der Waals surface area contributed by atoms with Crippen molar-refractivity contribution in [2.75, 3.05) is 47.4 Å². The molecule has 0 saturated heterocycles. The van der Waals surface area contributed by atoms with Gasteiger partial charge in [-0.2, -0.15) is 0 Å². The summed E-state index contributed by atoms with van der Waals surface area (Å²) in [6.07, 6.45) is 0. The number of carbonyl (C=O) groups is 3. The van der Waals surface area contributed by atoms with Gasteiger partial charge in [-0.15, -0.1) is 24.8 Å². The van der Waals surface area contributed by atoms with Gasteiger partial charge >= 0.3 is 6.03 Å². The molecule has 4 aromatic carbocycles. The summed E-state index contributed by atoms with van der Waals surface area (Å²) in [4.78, 5) is 47.3. The van der Waals surface area contributed by atoms with E-state index in [1.54, 1.807) is 48.5 Å². The average molecular weight is 660 g/mol. The Labute approximate surface area is 278 Å². The fourth-order valence-electron chi connectivity index (χ4n) is 4.78. The molecule has 0 aliphatic carbocycles. The molecule has 2 heterocycles. The predicted octanol–water partition coefficient (Wildman–Crippen LogP) is 5.38. The normalized spacial score (nSPS) is 13.0. The van der Waals surface area contributed by atoms with Crippen molar-refractivity contribution in [3.63, 3.8) is 0 Å². The highest BCUT2D eigenvalue weighted by molar-refractivity contribution is 6.08. The predicted molar refractivity (Wildman–Crippen MR) is 188 cm³/mol. The highest BCUT2D eigenvalue weighted by Gasteiger charge is 2.13. The molecule has 0 aromatic heterocycles. The summed E-state index contributed by atoms with van der Waals surface area (Å²) in [5.74, 6) is 1.08. The monoisotopic (exact) mass is 658 g/mol. The van der Waals surface area contributed by atoms with Gasteiger partial charge in [0.25, 0.3) is 11.8 Å². The third-order valence-corrected chi connectivity index (χ3v) is 6.95. The van der Waals surface area contributed by atoms with Gasteiger partial charge in [0, 0.05) is 58.1 Å². The molecule has 46 heavy (non-hydrogen) atoms. The molecule has 11 nitrogen and oxygen atoms in total. The summed E-state index contributed by atoms with van der Waals surface area (Å²) >= 11 is 0. The number of nitrogens with one attached hydrogen (secondary N) is 6. The standard InChI is InChI=1S/C33H30N8O3.2ClH/c42-31(38-25-11-7-21(8-12-25)29-34-15-16-35-29)23-3-1-5-27(19-23)40-33(44)41-28-6-2-4-24(20-28)32(43)39-26-13-9-22(10-14-26)30-36-17-18-37-30;;/h1-14,19-20H,15-18H2,(H,34,35)(H,36,37)(H,38,42)(H,39,43)(H2,40,41,44);2*1H. The van der Waals surface area contributed by atoms with Gasteiger partial charge in [0.1, 0.15) is 11.7 Å². The van der Waals surface area contributed by atoms with E-state index >= 15 is 0 Å². The van der Waals surface area contributed by atoms with Crippen molar-refractivity contribution < 1.29 is 14.4 Å². The first kappa shape index (κ1) is 33.5. The average Bonchev–Trinajstić information content (AvgIpc) is 3.78. The van der Waals surface area contributed by atoms with Crippen LogP contribution in [0.2, 0.25) is 0 Å². The molecule has 0 unspecified atom stereocenters. The first-order chi connectivity index (χ1) is 21.5. The Morgan fingerprint density at radius 3 is 1.30 bits per heavy atom. The lowest BCUT2D eigenvalue weighted by atomic mass is 10.1. The second-order valence-corrected chi connectivity index (χ2v) is 10.1. The van der Waals surface area contributed by atoms with Gasteiger partial charge < -0.3 is 31.9 Å². The Morgan fingerprint density at radius 1 is 0.522 bits per heavy atom. The van der Waals surface area contributed by atoms with Crippen LogP contribution in [0.4, 0.5) is 27.5 Å². The van der Waals surface area contributed by atoms with Crippen molar-refractivity contribution in [1.82, 2.24) is 10.6 Å². The lowest BCUT2D eigenvalue weighted by Gasteiger charge is -2.11. The summed E-state index contributed by atoms with van der Waals surface area (Å²) in [5, 5.41) is 17.7. The van der Waals surface area contributed by atoms with Crippen molar-refractivity contribution in [3.05, 3.63) is 119 Å². The van der Waals surface area contributed by atoms with Crippen LogP contribution in [-0.4, -0.2) is 55.7 Å². The van der Waals surface area contributed by atoms with Crippen LogP contribution < -0.4 is 31.9 Å². The fourth-order valence-corrected chi connectivity index (χ4v) is 4.78. The maximum absolute atomic E-state index is 12.9. The molecule has 0 saturated carbocycles. The van der Waals surface area contributed by atoms with Gasteiger partial charge in [-0.25, -0.2) is 4.79 Å². The third-order valence-electron chi connectivity index (χ3n) is 6.95. The van der Waals surface area contributed by atoms with Crippen molar-refractivity contribution in [2.45, 2.75) is 0 Å². The SMILES string of the molecule is Cl.Cl.O=C(Nc1cccc(C(=O)Nc2ccc(C3=NCCN3)cc2)c1)Nc1cccc(C(=O)Nc2ccc(C3=NCCN3)cc2)c1. The van der Waals surface area contributed by atoms with Crippen LogP contribution >= 0.6 is 24.8 Å². The Balaban J connectivity index is 0.00000240. The van der Waals surface area contributed by atoms with Crippen LogP contribution in [0, 0.1) is 0 Å². The number of hydrogen-bond donors (Lipinski definition) is 6. The first-order valence-electron chi connectivity index (χ1n) is 14.2. The highest BCUT2D eigenvalue weighted by atomic mass is 35.5. The molecular formula is C33H32Cl2N8O3. The Bertz CT molecular complexity index is 1650. The van der Waals surface area contributed by atoms with Crippen molar-refractivity contribution in [3.8, 4) is 0 Å². The molecule has 6 rings (SSSR count). The number of benzene rings is 4. The number of nitrogens with zero attached hydrogens (tertiary/aromatic N) is 2. The molecule has 2 aliphatic heterocycles. The lowest BCUT2D eigenvalue weighted by Crippen LogP contribution is -2.20. The van der Waals surface area contributed by atoms with E-state index in [0.29, 0.717) is 33.9 Å². The molecule has 0 atom stereocenters. The van der Waals surface area contributed by atoms with Gasteiger partial charge in [-0.05, 0) is 84.9 Å². The van der Waals surface area contributed by atoms with Crippen LogP contribution in [0.25, 0.3) is 0 Å². The molecule has 13 heteroatoms. The molecule has 6 N–H and O–H groups in total. The summed E-state index contributed by atoms with van der Waals surface area (Å²) in [6, 6.07) is 27.6. The molecule has 2 aliphatic rings. The molecule has 4 amide bonds. The second kappa shape index (κ2) is 15.6. The van der Waals surface area contributed by atoms with Crippen LogP contribution in [0.5, 0.6) is 0 Å². The maximum atomic E-state index is 12.9. The molecule has 0 spiro atoms. The van der Waals surface area contributed by atoms with Crippen LogP contribution in [0.3, 0.4) is 0 Å². The van der Waals surface area contributed by atoms with Crippen molar-refractivity contribution in [2.24, 2.45) is 9.98 Å². The Hall–Kier alpha value is -5.39. The molecule has 0 radical (unpaired) electrons. The van der Waals surface area contributed by atoms with E-state index < -0.39 is 6.03 Å².